The van der Waals surface area contributed by atoms with Gasteiger partial charge in [0.15, 0.2) is 0 Å². The van der Waals surface area contributed by atoms with E-state index in [2.05, 4.69) is 22.2 Å². The summed E-state index contributed by atoms with van der Waals surface area (Å²) in [5.41, 5.74) is 5.47. The van der Waals surface area contributed by atoms with Crippen LogP contribution in [0.25, 0.3) is 0 Å². The maximum absolute atomic E-state index is 11.1. The van der Waals surface area contributed by atoms with Gasteiger partial charge in [-0.2, -0.15) is 9.97 Å². The molecule has 8 heteroatoms. The molecular formula is C11H18N6O2. The molecule has 1 aromatic rings. The van der Waals surface area contributed by atoms with Crippen LogP contribution in [0.2, 0.25) is 0 Å². The van der Waals surface area contributed by atoms with E-state index in [1.165, 1.54) is 0 Å². The van der Waals surface area contributed by atoms with Crippen LogP contribution in [0.5, 0.6) is 0 Å². The van der Waals surface area contributed by atoms with Crippen molar-refractivity contribution in [3.63, 3.8) is 0 Å². The van der Waals surface area contributed by atoms with Crippen LogP contribution in [0.4, 0.5) is 23.3 Å². The second-order valence-corrected chi connectivity index (χ2v) is 4.78. The lowest BCUT2D eigenvalue weighted by molar-refractivity contribution is -0.383. The van der Waals surface area contributed by atoms with Crippen LogP contribution in [-0.4, -0.2) is 35.0 Å². The predicted molar refractivity (Wildman–Crippen MR) is 73.3 cm³/mol. The Morgan fingerprint density at radius 3 is 2.58 bits per heavy atom. The van der Waals surface area contributed by atoms with Crippen LogP contribution in [0.3, 0.4) is 0 Å². The fourth-order valence-electron chi connectivity index (χ4n) is 2.19. The maximum atomic E-state index is 11.1. The van der Waals surface area contributed by atoms with Crippen LogP contribution < -0.4 is 16.0 Å². The zero-order chi connectivity index (χ0) is 14.0. The smallest absolute Gasteiger partial charge is 0.353 e. The summed E-state index contributed by atoms with van der Waals surface area (Å²) < 4.78 is 0. The van der Waals surface area contributed by atoms with E-state index >= 15 is 0 Å². The third-order valence-corrected chi connectivity index (χ3v) is 3.38. The average Bonchev–Trinajstić information content (AvgIpc) is 2.38. The molecule has 0 spiro atoms. The van der Waals surface area contributed by atoms with E-state index in [1.54, 1.807) is 7.05 Å². The minimum Gasteiger partial charge on any atom is -0.378 e. The number of nitrogens with one attached hydrogen (secondary N) is 1. The minimum absolute atomic E-state index is 0.0991. The number of nitro groups is 1. The highest BCUT2D eigenvalue weighted by Crippen LogP contribution is 2.34. The highest BCUT2D eigenvalue weighted by molar-refractivity contribution is 5.71. The molecule has 3 N–H and O–H groups in total. The molecule has 0 bridgehead atoms. The third kappa shape index (κ3) is 2.67. The van der Waals surface area contributed by atoms with Crippen molar-refractivity contribution in [1.29, 1.82) is 0 Å². The van der Waals surface area contributed by atoms with Crippen LogP contribution in [-0.2, 0) is 0 Å². The van der Waals surface area contributed by atoms with E-state index in [1.807, 2.05) is 4.90 Å². The van der Waals surface area contributed by atoms with Gasteiger partial charge in [0.25, 0.3) is 0 Å². The third-order valence-electron chi connectivity index (χ3n) is 3.38. The molecule has 0 unspecified atom stereocenters. The Morgan fingerprint density at radius 2 is 2.05 bits per heavy atom. The van der Waals surface area contributed by atoms with Crippen LogP contribution >= 0.6 is 0 Å². The lowest BCUT2D eigenvalue weighted by Crippen LogP contribution is -2.34. The fraction of sp³-hybridized carbons (Fsp3) is 0.636. The molecule has 0 radical (unpaired) electrons. The van der Waals surface area contributed by atoms with Gasteiger partial charge in [0.1, 0.15) is 0 Å². The first-order chi connectivity index (χ1) is 9.02. The molecule has 0 amide bonds. The van der Waals surface area contributed by atoms with Crippen molar-refractivity contribution < 1.29 is 4.92 Å². The summed E-state index contributed by atoms with van der Waals surface area (Å²) in [5, 5.41) is 13.9. The first kappa shape index (κ1) is 13.3. The molecule has 0 aliphatic carbocycles. The van der Waals surface area contributed by atoms with E-state index in [0.29, 0.717) is 17.7 Å². The second-order valence-electron chi connectivity index (χ2n) is 4.78. The number of piperidine rings is 1. The van der Waals surface area contributed by atoms with Crippen LogP contribution in [0, 0.1) is 16.0 Å². The zero-order valence-corrected chi connectivity index (χ0v) is 11.1. The Morgan fingerprint density at radius 1 is 1.42 bits per heavy atom. The highest BCUT2D eigenvalue weighted by Gasteiger charge is 2.29. The average molecular weight is 266 g/mol. The minimum atomic E-state index is -0.512. The van der Waals surface area contributed by atoms with Gasteiger partial charge < -0.3 is 16.0 Å². The molecule has 2 rings (SSSR count). The number of nitrogens with zero attached hydrogens (tertiary/aromatic N) is 4. The SMILES string of the molecule is CNc1nc(N)c([N+](=O)[O-])c(N2CCC(C)CC2)n1. The van der Waals surface area contributed by atoms with Gasteiger partial charge in [-0.25, -0.2) is 0 Å². The van der Waals surface area contributed by atoms with Crippen molar-refractivity contribution in [1.82, 2.24) is 9.97 Å². The molecule has 1 aliphatic rings. The topological polar surface area (TPSA) is 110 Å². The van der Waals surface area contributed by atoms with Gasteiger partial charge >= 0.3 is 5.69 Å². The van der Waals surface area contributed by atoms with E-state index in [4.69, 9.17) is 5.73 Å². The van der Waals surface area contributed by atoms with Gasteiger partial charge in [-0.3, -0.25) is 10.1 Å². The van der Waals surface area contributed by atoms with E-state index < -0.39 is 4.92 Å². The molecule has 0 atom stereocenters. The number of nitrogens with two attached hydrogens (primary N) is 1. The monoisotopic (exact) mass is 266 g/mol. The number of hydrogen-bond donors (Lipinski definition) is 2. The first-order valence-electron chi connectivity index (χ1n) is 6.27. The van der Waals surface area contributed by atoms with Gasteiger partial charge in [-0.1, -0.05) is 6.92 Å². The molecule has 1 fully saturated rings. The summed E-state index contributed by atoms with van der Waals surface area (Å²) in [7, 11) is 1.66. The zero-order valence-electron chi connectivity index (χ0n) is 11.1. The summed E-state index contributed by atoms with van der Waals surface area (Å²) in [6.07, 6.45) is 1.99. The predicted octanol–water partition coefficient (Wildman–Crippen LogP) is 1.24. The molecule has 0 aromatic carbocycles. The Balaban J connectivity index is 2.41. The Kier molecular flexibility index (Phi) is 3.68. The van der Waals surface area contributed by atoms with Crippen LogP contribution in [0.1, 0.15) is 19.8 Å². The number of aromatic nitrogens is 2. The number of anilines is 3. The molecule has 104 valence electrons. The van der Waals surface area contributed by atoms with Crippen LogP contribution in [0.15, 0.2) is 0 Å². The molecule has 1 aromatic heterocycles. The van der Waals surface area contributed by atoms with E-state index in [9.17, 15) is 10.1 Å². The highest BCUT2D eigenvalue weighted by atomic mass is 16.6. The largest absolute Gasteiger partial charge is 0.378 e. The number of hydrogen-bond acceptors (Lipinski definition) is 7. The lowest BCUT2D eigenvalue weighted by atomic mass is 9.99. The number of rotatable bonds is 3. The molecule has 0 saturated carbocycles. The molecule has 8 nitrogen and oxygen atoms in total. The van der Waals surface area contributed by atoms with Gasteiger partial charge in [0.2, 0.25) is 17.6 Å². The van der Waals surface area contributed by atoms with E-state index in [-0.39, 0.29) is 11.5 Å². The Hall–Kier alpha value is -2.12. The van der Waals surface area contributed by atoms with Gasteiger partial charge in [-0.05, 0) is 18.8 Å². The molecule has 2 heterocycles. The van der Waals surface area contributed by atoms with Crippen molar-refractivity contribution in [2.45, 2.75) is 19.8 Å². The molecule has 19 heavy (non-hydrogen) atoms. The molecule has 1 aliphatic heterocycles. The number of nitrogen functional groups attached to an aromatic ring is 1. The fourth-order valence-corrected chi connectivity index (χ4v) is 2.19. The standard InChI is InChI=1S/C11H18N6O2/c1-7-3-5-16(6-4-7)10-8(17(18)19)9(12)14-11(13-2)15-10/h7H,3-6H2,1-2H3,(H3,12,13,14,15). The molecule has 1 saturated heterocycles. The maximum Gasteiger partial charge on any atom is 0.353 e. The van der Waals surface area contributed by atoms with Crippen molar-refractivity contribution >= 4 is 23.3 Å². The summed E-state index contributed by atoms with van der Waals surface area (Å²) in [6.45, 7) is 3.68. The molecular weight excluding hydrogens is 248 g/mol. The normalized spacial score (nSPS) is 16.4. The van der Waals surface area contributed by atoms with Gasteiger partial charge in [0, 0.05) is 20.1 Å². The quantitative estimate of drug-likeness (QED) is 0.625. The lowest BCUT2D eigenvalue weighted by Gasteiger charge is -2.30. The summed E-state index contributed by atoms with van der Waals surface area (Å²) in [6, 6.07) is 0. The van der Waals surface area contributed by atoms with Crippen molar-refractivity contribution in [2.75, 3.05) is 36.1 Å². The summed E-state index contributed by atoms with van der Waals surface area (Å²) >= 11 is 0. The van der Waals surface area contributed by atoms with Gasteiger partial charge in [0.05, 0.1) is 4.92 Å². The van der Waals surface area contributed by atoms with Crippen molar-refractivity contribution in [3.05, 3.63) is 10.1 Å². The second kappa shape index (κ2) is 5.25. The van der Waals surface area contributed by atoms with Crippen molar-refractivity contribution in [2.24, 2.45) is 5.92 Å². The summed E-state index contributed by atoms with van der Waals surface area (Å²) in [5.74, 6) is 1.15. The Bertz CT molecular complexity index is 484. The van der Waals surface area contributed by atoms with Crippen molar-refractivity contribution in [3.8, 4) is 0 Å². The Labute approximate surface area is 111 Å². The summed E-state index contributed by atoms with van der Waals surface area (Å²) in [4.78, 5) is 20.6. The van der Waals surface area contributed by atoms with E-state index in [0.717, 1.165) is 25.9 Å². The first-order valence-corrected chi connectivity index (χ1v) is 6.27. The van der Waals surface area contributed by atoms with Gasteiger partial charge in [-0.15, -0.1) is 0 Å².